The van der Waals surface area contributed by atoms with Gasteiger partial charge in [-0.2, -0.15) is 0 Å². The summed E-state index contributed by atoms with van der Waals surface area (Å²) in [6.45, 7) is 16.2. The van der Waals surface area contributed by atoms with Crippen molar-refractivity contribution in [2.24, 2.45) is 35.5 Å². The van der Waals surface area contributed by atoms with E-state index in [-0.39, 0.29) is 96.6 Å². The van der Waals surface area contributed by atoms with Gasteiger partial charge >= 0.3 is 6.09 Å². The van der Waals surface area contributed by atoms with Crippen molar-refractivity contribution in [3.8, 4) is 0 Å². The number of hydrogen-bond acceptors (Lipinski definition) is 12. The van der Waals surface area contributed by atoms with E-state index in [2.05, 4.69) is 10.6 Å². The second-order valence-electron chi connectivity index (χ2n) is 24.7. The van der Waals surface area contributed by atoms with Crippen LogP contribution in [0.3, 0.4) is 0 Å². The zero-order chi connectivity index (χ0) is 60.0. The molecule has 3 heterocycles. The molecule has 6 rings (SSSR count). The first-order valence-electron chi connectivity index (χ1n) is 29.9. The number of rotatable bonds is 30. The number of Topliss-reactive ketones (excluding diaryl/α,β-unsaturated/α-hetero) is 2. The Balaban J connectivity index is 1.06. The summed E-state index contributed by atoms with van der Waals surface area (Å²) >= 11 is 0. The maximum atomic E-state index is 14.8. The number of fused-ring (bicyclic) bond motifs is 2. The number of unbranched alkanes of at least 4 members (excludes halogenated alkanes) is 2. The number of hydrogen-bond donors (Lipinski definition) is 2. The topological polar surface area (TPSA) is 218 Å². The van der Waals surface area contributed by atoms with E-state index in [4.69, 9.17) is 14.2 Å². The summed E-state index contributed by atoms with van der Waals surface area (Å²) < 4.78 is 18.0. The van der Waals surface area contributed by atoms with Gasteiger partial charge in [0, 0.05) is 102 Å². The van der Waals surface area contributed by atoms with Crippen molar-refractivity contribution in [1.29, 1.82) is 0 Å². The van der Waals surface area contributed by atoms with Crippen LogP contribution < -0.4 is 10.6 Å². The number of amides is 7. The first-order chi connectivity index (χ1) is 39.0. The quantitative estimate of drug-likeness (QED) is 0.0556. The van der Waals surface area contributed by atoms with Crippen molar-refractivity contribution < 1.29 is 57.4 Å². The monoisotopic (exact) mass is 1140 g/mol. The van der Waals surface area contributed by atoms with Crippen LogP contribution in [0.2, 0.25) is 0 Å². The summed E-state index contributed by atoms with van der Waals surface area (Å²) in [6, 6.07) is 15.0. The number of imide groups is 1. The average molecular weight is 1140 g/mol. The van der Waals surface area contributed by atoms with Crippen LogP contribution in [0.25, 0.3) is 0 Å². The molecule has 4 aliphatic rings. The third kappa shape index (κ3) is 16.9. The lowest BCUT2D eigenvalue weighted by molar-refractivity contribution is -0.149. The number of ketones is 2. The molecule has 11 atom stereocenters. The second kappa shape index (κ2) is 29.8. The standard InChI is InChI=1S/C64H92N6O12/c1-12-41(4)58(67(9)62(78)49(40(2)3)37-52(72)59-45-26-29-48(35-45)70(59)63(79)82-64(6,7)8)53(80-10)38-57(76)68-33-19-22-50(68)60(81-11)42(5)51(71)36-46(34-43-20-15-13-16-21-43)61(77)66-47-27-24-44(25-28-47)39-65-54(73)23-17-14-18-32-69-55(74)30-31-56(69)75/h13,15-16,20-21,24-25,27-28,30-31,40-42,45-46,48-50,53,58-60H,12,14,17-19,22-23,26,29,32-39H2,1-11H3,(H,65,73)(H,66,77)/t41-,42-,45-,46+,48+,49-,50-,53+,58-,59-,60+/m0/s1. The molecule has 2 saturated heterocycles. The molecule has 2 bridgehead atoms. The highest BCUT2D eigenvalue weighted by Crippen LogP contribution is 2.44. The van der Waals surface area contributed by atoms with Gasteiger partial charge < -0.3 is 34.6 Å². The number of nitrogens with one attached hydrogen (secondary N) is 2. The highest BCUT2D eigenvalue weighted by molar-refractivity contribution is 6.12. The van der Waals surface area contributed by atoms with Crippen molar-refractivity contribution in [2.75, 3.05) is 39.7 Å². The highest BCUT2D eigenvalue weighted by Gasteiger charge is 2.53. The van der Waals surface area contributed by atoms with Crippen LogP contribution in [0, 0.1) is 35.5 Å². The van der Waals surface area contributed by atoms with Crippen LogP contribution in [-0.4, -0.2) is 149 Å². The fourth-order valence-electron chi connectivity index (χ4n) is 12.7. The molecule has 3 fully saturated rings. The molecule has 18 heteroatoms. The molecule has 2 aromatic rings. The summed E-state index contributed by atoms with van der Waals surface area (Å²) in [6.07, 6.45) is 7.44. The molecule has 0 radical (unpaired) electrons. The van der Waals surface area contributed by atoms with E-state index >= 15 is 0 Å². The van der Waals surface area contributed by atoms with Crippen LogP contribution in [0.4, 0.5) is 10.5 Å². The van der Waals surface area contributed by atoms with E-state index in [1.165, 1.54) is 17.1 Å². The molecule has 0 aromatic heterocycles. The molecule has 82 heavy (non-hydrogen) atoms. The highest BCUT2D eigenvalue weighted by atomic mass is 16.6. The van der Waals surface area contributed by atoms with E-state index in [0.717, 1.165) is 30.4 Å². The molecule has 1 saturated carbocycles. The number of likely N-dealkylation sites (tertiary alicyclic amines) is 2. The number of benzene rings is 2. The molecule has 450 valence electrons. The van der Waals surface area contributed by atoms with Gasteiger partial charge in [0.1, 0.15) is 11.4 Å². The predicted molar refractivity (Wildman–Crippen MR) is 312 cm³/mol. The van der Waals surface area contributed by atoms with Crippen molar-refractivity contribution in [2.45, 2.75) is 194 Å². The summed E-state index contributed by atoms with van der Waals surface area (Å²) in [5.74, 6) is -4.15. The van der Waals surface area contributed by atoms with Crippen LogP contribution in [0.15, 0.2) is 66.7 Å². The van der Waals surface area contributed by atoms with Gasteiger partial charge in [0.25, 0.3) is 11.8 Å². The van der Waals surface area contributed by atoms with E-state index in [9.17, 15) is 43.2 Å². The smallest absolute Gasteiger partial charge is 0.411 e. The van der Waals surface area contributed by atoms with Crippen molar-refractivity contribution in [1.82, 2.24) is 24.9 Å². The Kier molecular flexibility index (Phi) is 23.6. The zero-order valence-corrected chi connectivity index (χ0v) is 50.5. The van der Waals surface area contributed by atoms with Crippen molar-refractivity contribution >= 4 is 58.8 Å². The minimum absolute atomic E-state index is 0.0235. The normalized spacial score (nSPS) is 21.2. The fraction of sp³-hybridized carbons (Fsp3) is 0.641. The van der Waals surface area contributed by atoms with Gasteiger partial charge in [0.2, 0.25) is 23.6 Å². The van der Waals surface area contributed by atoms with Crippen LogP contribution >= 0.6 is 0 Å². The Bertz CT molecular complexity index is 2560. The summed E-state index contributed by atoms with van der Waals surface area (Å²) in [4.78, 5) is 128. The number of piperidine rings is 1. The first-order valence-corrected chi connectivity index (χ1v) is 29.9. The van der Waals surface area contributed by atoms with Gasteiger partial charge in [-0.15, -0.1) is 0 Å². The Morgan fingerprint density at radius 3 is 2.11 bits per heavy atom. The third-order valence-corrected chi connectivity index (χ3v) is 17.5. The Labute approximate surface area is 486 Å². The Hall–Kier alpha value is -6.27. The minimum atomic E-state index is -0.735. The van der Waals surface area contributed by atoms with Crippen LogP contribution in [-0.2, 0) is 65.5 Å². The maximum Gasteiger partial charge on any atom is 0.411 e. The van der Waals surface area contributed by atoms with E-state index < -0.39 is 59.8 Å². The molecule has 0 spiro atoms. The van der Waals surface area contributed by atoms with Gasteiger partial charge in [-0.25, -0.2) is 4.79 Å². The number of carbonyl (C=O) groups is 9. The Morgan fingerprint density at radius 2 is 1.49 bits per heavy atom. The molecular formula is C64H92N6O12. The lowest BCUT2D eigenvalue weighted by atomic mass is 9.83. The summed E-state index contributed by atoms with van der Waals surface area (Å²) in [5, 5.41) is 5.93. The number of anilines is 1. The fourth-order valence-corrected chi connectivity index (χ4v) is 12.7. The number of ether oxygens (including phenoxy) is 3. The SMILES string of the molecule is CC[C@H](C)[C@@H]([C@@H](CC(=O)N1CCC[C@H]1[C@H](OC)[C@@H](C)C(=O)C[C@@H](Cc1ccccc1)C(=O)Nc1ccc(CNC(=O)CCCCCN2C(=O)C=CC2=O)cc1)OC)N(C)C(=O)[C@@H](CC(=O)[C@@H]1[C@H]2CC[C@H](C2)N1C(=O)OC(C)(C)C)C(C)C. The van der Waals surface area contributed by atoms with Gasteiger partial charge in [0.15, 0.2) is 5.78 Å². The lowest BCUT2D eigenvalue weighted by Gasteiger charge is -2.41. The number of likely N-dealkylation sites (N-methyl/N-ethyl adjacent to an activating group) is 1. The molecule has 0 unspecified atom stereocenters. The Morgan fingerprint density at radius 1 is 0.805 bits per heavy atom. The lowest BCUT2D eigenvalue weighted by Crippen LogP contribution is -2.54. The summed E-state index contributed by atoms with van der Waals surface area (Å²) in [7, 11) is 4.83. The molecule has 18 nitrogen and oxygen atoms in total. The zero-order valence-electron chi connectivity index (χ0n) is 50.5. The van der Waals surface area contributed by atoms with Gasteiger partial charge in [-0.3, -0.25) is 48.2 Å². The van der Waals surface area contributed by atoms with Crippen molar-refractivity contribution in [3.05, 3.63) is 77.9 Å². The van der Waals surface area contributed by atoms with E-state index in [1.54, 1.807) is 55.0 Å². The molecule has 7 amide bonds. The molecule has 2 N–H and O–H groups in total. The molecule has 2 aromatic carbocycles. The number of nitrogens with zero attached hydrogens (tertiary/aromatic N) is 4. The third-order valence-electron chi connectivity index (χ3n) is 17.5. The van der Waals surface area contributed by atoms with Crippen LogP contribution in [0.1, 0.15) is 150 Å². The van der Waals surface area contributed by atoms with E-state index in [1.807, 2.05) is 90.9 Å². The van der Waals surface area contributed by atoms with Crippen LogP contribution in [0.5, 0.6) is 0 Å². The largest absolute Gasteiger partial charge is 0.444 e. The second-order valence-corrected chi connectivity index (χ2v) is 24.7. The first kappa shape index (κ1) is 64.9. The number of methoxy groups -OCH3 is 2. The molecule has 1 aliphatic carbocycles. The minimum Gasteiger partial charge on any atom is -0.444 e. The number of carbonyl (C=O) groups excluding carboxylic acids is 9. The average Bonchev–Trinajstić information content (AvgIpc) is 4.43. The maximum absolute atomic E-state index is 14.8. The van der Waals surface area contributed by atoms with E-state index in [0.29, 0.717) is 70.1 Å². The van der Waals surface area contributed by atoms with Gasteiger partial charge in [-0.05, 0) is 113 Å². The molecule has 3 aliphatic heterocycles. The summed E-state index contributed by atoms with van der Waals surface area (Å²) in [5.41, 5.74) is 1.54. The predicted octanol–water partition coefficient (Wildman–Crippen LogP) is 8.48. The van der Waals surface area contributed by atoms with Gasteiger partial charge in [-0.1, -0.05) is 89.9 Å². The van der Waals surface area contributed by atoms with Gasteiger partial charge in [0.05, 0.1) is 36.8 Å². The van der Waals surface area contributed by atoms with Crippen molar-refractivity contribution in [3.63, 3.8) is 0 Å². The molecular weight excluding hydrogens is 1040 g/mol.